The van der Waals surface area contributed by atoms with Crippen molar-refractivity contribution in [3.63, 3.8) is 0 Å². The first kappa shape index (κ1) is 95.3. The molecule has 0 radical (unpaired) electrons. The van der Waals surface area contributed by atoms with Crippen molar-refractivity contribution >= 4 is 140 Å². The van der Waals surface area contributed by atoms with Crippen molar-refractivity contribution in [1.82, 2.24) is 49.8 Å². The van der Waals surface area contributed by atoms with Crippen LogP contribution < -0.4 is 21.2 Å². The summed E-state index contributed by atoms with van der Waals surface area (Å²) in [7, 11) is -6.71. The van der Waals surface area contributed by atoms with Gasteiger partial charge in [-0.05, 0) is 263 Å². The zero-order valence-corrected chi connectivity index (χ0v) is 82.4. The van der Waals surface area contributed by atoms with Crippen LogP contribution in [0.2, 0.25) is 0 Å². The minimum atomic E-state index is -6.09. The van der Waals surface area contributed by atoms with E-state index in [1.54, 1.807) is 0 Å². The van der Waals surface area contributed by atoms with Crippen LogP contribution in [0.5, 0.6) is 0 Å². The number of hydrogen-bond donors (Lipinski definition) is 4. The molecule has 22 rings (SSSR count). The van der Waals surface area contributed by atoms with E-state index in [1.165, 1.54) is 73.3 Å². The second kappa shape index (κ2) is 42.5. The standard InChI is InChI=1S/2C46H35N5.C27H26P2.CHF3O3S.Pt/c2*1-28-4-10-31(11-5-28)43-35-16-18-37(48-35)44(32-12-6-29(2)7-13-32)39-20-22-41(50-39)46(34-24-26-47-27-25-34)42-23-21-40(51-42)45(38-19-17-36(43)49-38)33-14-8-30(3)9-15-33;1-5-14-24(15-6-1)28(25-16-7-2-8-17-25)22-13-23-29(26-18-9-3-10-19-26)27-20-11-4-12-21-27;2-1(3,4)8(5,6)7;/h2*4-27,48-49H,1-3H3;1-12,14-21H,13,22-23H2;(H,5,6,7);/p-1. The summed E-state index contributed by atoms with van der Waals surface area (Å²) < 4.78 is 58.9. The zero-order valence-electron chi connectivity index (χ0n) is 77.5. The third-order valence-electron chi connectivity index (χ3n) is 24.8. The SMILES string of the molecule is Cc1ccc(-c2c3nc(c(-c4ccncc4)c4nc(c(-c5ccc(C)cc5)c5ccc([nH]5)c(-c5ccc(C)cc5)c5ccc2[nH]5)C=C4)C=C3)cc1.Cc1ccc(-c2c3nc(c(-c4ccncc4)c4nc(c(-c5ccc(C)cc5)c5ccc([nH]5)c(-c5ccc(C)cc5)c5ccc2[nH]5)C=C4)C=C3)cc1.O=S(=O)([O-])C(F)(F)F.[Pt].c1ccc(P(CCCP(c2ccccc2)c2ccccc2)c2ccccc2)cc1. The summed E-state index contributed by atoms with van der Waals surface area (Å²) in [5.74, 6) is 0. The normalized spacial score (nSPS) is 11.9. The van der Waals surface area contributed by atoms with Crippen molar-refractivity contribution in [2.45, 2.75) is 53.5 Å². The topological polar surface area (TPSA) is 198 Å². The van der Waals surface area contributed by atoms with Gasteiger partial charge in [0.25, 0.3) is 0 Å². The molecule has 4 aliphatic heterocycles. The molecule has 0 aliphatic carbocycles. The third kappa shape index (κ3) is 21.5. The molecule has 10 aromatic carbocycles. The Balaban J connectivity index is 0.000000138. The molecule has 16 bridgehead atoms. The summed E-state index contributed by atoms with van der Waals surface area (Å²) in [4.78, 5) is 45.4. The van der Waals surface area contributed by atoms with Crippen molar-refractivity contribution < 1.29 is 47.2 Å². The number of aromatic amines is 4. The van der Waals surface area contributed by atoms with Gasteiger partial charge in [-0.2, -0.15) is 13.2 Å². The van der Waals surface area contributed by atoms with E-state index in [2.05, 4.69) is 436 Å². The molecule has 0 amide bonds. The van der Waals surface area contributed by atoms with Crippen LogP contribution in [0, 0.1) is 41.5 Å². The Morgan fingerprint density at radius 3 is 0.614 bits per heavy atom. The van der Waals surface area contributed by atoms with Gasteiger partial charge in [0.15, 0.2) is 10.1 Å². The molecule has 0 atom stereocenters. The summed E-state index contributed by atoms with van der Waals surface area (Å²) in [5, 5.41) is 5.94. The second-order valence-electron chi connectivity index (χ2n) is 34.6. The monoisotopic (exact) mass is 2070 g/mol. The van der Waals surface area contributed by atoms with Gasteiger partial charge >= 0.3 is 5.51 Å². The molecule has 0 unspecified atom stereocenters. The third-order valence-corrected chi connectivity index (χ3v) is 30.6. The van der Waals surface area contributed by atoms with Crippen molar-refractivity contribution in [2.75, 3.05) is 12.3 Å². The molecular weight excluding hydrogens is 1980 g/mol. The largest absolute Gasteiger partial charge is 0.741 e. The number of hydrogen-bond acceptors (Lipinski definition) is 9. The van der Waals surface area contributed by atoms with Crippen LogP contribution in [0.15, 0.2) is 365 Å². The minimum absolute atomic E-state index is 0. The Labute approximate surface area is 829 Å². The van der Waals surface area contributed by atoms with Crippen LogP contribution in [0.4, 0.5) is 13.2 Å². The fourth-order valence-electron chi connectivity index (χ4n) is 17.8. The Hall–Kier alpha value is -15.1. The fraction of sp³-hybridized carbons (Fsp3) is 0.0833. The average Bonchev–Trinajstić information content (AvgIpc) is 1.61. The predicted octanol–water partition coefficient (Wildman–Crippen LogP) is 29.0. The Kier molecular flexibility index (Phi) is 28.9. The molecule has 692 valence electrons. The predicted molar refractivity (Wildman–Crippen MR) is 573 cm³/mol. The molecule has 18 aromatic rings. The van der Waals surface area contributed by atoms with Gasteiger partial charge in [-0.15, -0.1) is 0 Å². The summed E-state index contributed by atoms with van der Waals surface area (Å²) in [6.07, 6.45) is 28.0. The van der Waals surface area contributed by atoms with Crippen LogP contribution in [0.1, 0.15) is 85.4 Å². The number of rotatable bonds is 16. The number of pyridine rings is 2. The summed E-state index contributed by atoms with van der Waals surface area (Å²) in [6, 6.07) is 122. The molecule has 12 heterocycles. The number of H-pyrrole nitrogens is 4. The Bertz CT molecular complexity index is 7340. The van der Waals surface area contributed by atoms with Crippen molar-refractivity contribution in [2.24, 2.45) is 0 Å². The molecule has 140 heavy (non-hydrogen) atoms. The van der Waals surface area contributed by atoms with E-state index in [-0.39, 0.29) is 36.9 Å². The van der Waals surface area contributed by atoms with Crippen LogP contribution in [0.3, 0.4) is 0 Å². The van der Waals surface area contributed by atoms with Gasteiger partial charge in [0.05, 0.1) is 45.6 Å². The maximum Gasteiger partial charge on any atom is 0.485 e. The van der Waals surface area contributed by atoms with Gasteiger partial charge < -0.3 is 24.5 Å². The number of aromatic nitrogens is 10. The van der Waals surface area contributed by atoms with Gasteiger partial charge in [0, 0.05) is 134 Å². The average molecular weight is 2070 g/mol. The number of aryl methyl sites for hydroxylation is 6. The number of nitrogens with one attached hydrogen (secondary N) is 4. The number of nitrogens with zero attached hydrogens (tertiary/aromatic N) is 6. The molecule has 0 fully saturated rings. The minimum Gasteiger partial charge on any atom is -0.741 e. The van der Waals surface area contributed by atoms with Crippen molar-refractivity contribution in [1.29, 1.82) is 0 Å². The first-order chi connectivity index (χ1) is 67.6. The quantitative estimate of drug-likeness (QED) is 0.0413. The van der Waals surface area contributed by atoms with Gasteiger partial charge in [0.2, 0.25) is 0 Å². The van der Waals surface area contributed by atoms with Crippen LogP contribution in [-0.4, -0.2) is 80.6 Å². The maximum absolute atomic E-state index is 10.7. The second-order valence-corrected chi connectivity index (χ2v) is 40.6. The summed E-state index contributed by atoms with van der Waals surface area (Å²) >= 11 is 0. The van der Waals surface area contributed by atoms with Crippen LogP contribution in [0.25, 0.3) is 182 Å². The number of halogens is 3. The molecule has 0 saturated carbocycles. The smallest absolute Gasteiger partial charge is 0.485 e. The van der Waals surface area contributed by atoms with Gasteiger partial charge in [0.1, 0.15) is 0 Å². The zero-order chi connectivity index (χ0) is 95.7. The van der Waals surface area contributed by atoms with E-state index in [0.29, 0.717) is 0 Å². The number of alkyl halides is 3. The Morgan fingerprint density at radius 1 is 0.250 bits per heavy atom. The van der Waals surface area contributed by atoms with Gasteiger partial charge in [-0.1, -0.05) is 300 Å². The van der Waals surface area contributed by atoms with E-state index in [1.807, 2.05) is 49.1 Å². The summed E-state index contributed by atoms with van der Waals surface area (Å²) in [6.45, 7) is 12.7. The molecule has 20 heteroatoms. The first-order valence-corrected chi connectivity index (χ1v) is 50.4. The van der Waals surface area contributed by atoms with Crippen molar-refractivity contribution in [3.8, 4) is 89.0 Å². The Morgan fingerprint density at radius 2 is 0.421 bits per heavy atom. The number of fused-ring (bicyclic) bond motifs is 16. The van der Waals surface area contributed by atoms with Gasteiger partial charge in [-0.25, -0.2) is 28.4 Å². The number of benzene rings is 10. The molecule has 8 aromatic heterocycles. The fourth-order valence-corrected chi connectivity index (χ4v) is 22.8. The molecule has 4 aliphatic rings. The molecule has 0 saturated heterocycles. The molecular formula is C120H96F3N10O3P2PtS-. The van der Waals surface area contributed by atoms with Gasteiger partial charge in [-0.3, -0.25) is 9.97 Å². The van der Waals surface area contributed by atoms with E-state index in [9.17, 15) is 13.2 Å². The van der Waals surface area contributed by atoms with Crippen molar-refractivity contribution in [3.05, 3.63) is 443 Å². The van der Waals surface area contributed by atoms with E-state index in [0.717, 1.165) is 179 Å². The molecule has 0 spiro atoms. The van der Waals surface area contributed by atoms with E-state index >= 15 is 0 Å². The summed E-state index contributed by atoms with van der Waals surface area (Å²) in [5.41, 5.74) is 33.5. The van der Waals surface area contributed by atoms with Crippen LogP contribution in [-0.2, 0) is 31.2 Å². The van der Waals surface area contributed by atoms with E-state index in [4.69, 9.17) is 32.9 Å². The maximum atomic E-state index is 10.7. The van der Waals surface area contributed by atoms with Crippen LogP contribution >= 0.6 is 15.8 Å². The molecule has 13 nitrogen and oxygen atoms in total. The molecule has 4 N–H and O–H groups in total. The first-order valence-electron chi connectivity index (χ1n) is 46.0. The van der Waals surface area contributed by atoms with E-state index < -0.39 is 15.6 Å².